The molecule has 0 aliphatic carbocycles. The van der Waals surface area contributed by atoms with Crippen LogP contribution >= 0.6 is 11.8 Å². The third-order valence-corrected chi connectivity index (χ3v) is 4.72. The van der Waals surface area contributed by atoms with Gasteiger partial charge in [0.25, 0.3) is 5.69 Å². The van der Waals surface area contributed by atoms with Crippen LogP contribution in [0.4, 0.5) is 11.6 Å². The molecule has 27 heavy (non-hydrogen) atoms. The maximum Gasteiger partial charge on any atom is 0.338 e. The summed E-state index contributed by atoms with van der Waals surface area (Å²) in [6.45, 7) is 5.69. The van der Waals surface area contributed by atoms with Gasteiger partial charge in [0.2, 0.25) is 11.1 Å². The summed E-state index contributed by atoms with van der Waals surface area (Å²) in [5.41, 5.74) is 1.43. The number of ether oxygens (including phenoxy) is 1. The van der Waals surface area contributed by atoms with Crippen molar-refractivity contribution in [3.63, 3.8) is 0 Å². The van der Waals surface area contributed by atoms with Gasteiger partial charge in [-0.2, -0.15) is 4.98 Å². The smallest absolute Gasteiger partial charge is 0.338 e. The Morgan fingerprint density at radius 1 is 1.44 bits per heavy atom. The number of rotatable bonds is 6. The van der Waals surface area contributed by atoms with Crippen LogP contribution in [0.25, 0.3) is 0 Å². The first-order valence-electron chi connectivity index (χ1n) is 8.44. The Labute approximate surface area is 160 Å². The Bertz CT molecular complexity index is 924. The van der Waals surface area contributed by atoms with Crippen molar-refractivity contribution in [2.75, 3.05) is 17.7 Å². The van der Waals surface area contributed by atoms with E-state index in [0.29, 0.717) is 27.9 Å². The normalized spacial score (nSPS) is 15.9. The topological polar surface area (TPSA) is 112 Å². The van der Waals surface area contributed by atoms with E-state index in [4.69, 9.17) is 4.74 Å². The summed E-state index contributed by atoms with van der Waals surface area (Å²) in [5.74, 6) is 0.778. The number of non-ortho nitro benzene ring substituents is 1. The van der Waals surface area contributed by atoms with E-state index < -0.39 is 16.9 Å². The summed E-state index contributed by atoms with van der Waals surface area (Å²) in [7, 11) is 0. The molecule has 1 aromatic carbocycles. The average molecular weight is 389 g/mol. The van der Waals surface area contributed by atoms with E-state index in [0.717, 1.165) is 5.75 Å². The van der Waals surface area contributed by atoms with Crippen molar-refractivity contribution >= 4 is 29.4 Å². The molecule has 0 saturated carbocycles. The van der Waals surface area contributed by atoms with Crippen LogP contribution in [0.15, 0.2) is 40.7 Å². The van der Waals surface area contributed by atoms with Crippen molar-refractivity contribution in [3.05, 3.63) is 51.2 Å². The van der Waals surface area contributed by atoms with E-state index in [1.165, 1.54) is 23.9 Å². The largest absolute Gasteiger partial charge is 0.463 e. The van der Waals surface area contributed by atoms with Gasteiger partial charge in [-0.3, -0.25) is 10.1 Å². The van der Waals surface area contributed by atoms with E-state index in [1.54, 1.807) is 30.7 Å². The number of hydrogen-bond acceptors (Lipinski definition) is 8. The summed E-state index contributed by atoms with van der Waals surface area (Å²) < 4.78 is 6.79. The minimum Gasteiger partial charge on any atom is -0.463 e. The van der Waals surface area contributed by atoms with Crippen LogP contribution in [0, 0.1) is 10.1 Å². The van der Waals surface area contributed by atoms with E-state index in [-0.39, 0.29) is 12.3 Å². The fourth-order valence-corrected chi connectivity index (χ4v) is 3.47. The second-order valence-corrected chi connectivity index (χ2v) is 6.97. The summed E-state index contributed by atoms with van der Waals surface area (Å²) in [4.78, 5) is 27.8. The van der Waals surface area contributed by atoms with Crippen LogP contribution in [-0.2, 0) is 9.53 Å². The zero-order valence-electron chi connectivity index (χ0n) is 15.1. The van der Waals surface area contributed by atoms with Crippen LogP contribution in [-0.4, -0.2) is 38.0 Å². The number of fused-ring (bicyclic) bond motifs is 1. The summed E-state index contributed by atoms with van der Waals surface area (Å²) >= 11 is 1.47. The first kappa shape index (κ1) is 18.9. The van der Waals surface area contributed by atoms with Crippen molar-refractivity contribution in [2.24, 2.45) is 0 Å². The number of carbonyl (C=O) groups is 1. The molecule has 1 atom stereocenters. The molecule has 1 aromatic heterocycles. The molecular weight excluding hydrogens is 370 g/mol. The average Bonchev–Trinajstić information content (AvgIpc) is 3.03. The number of allylic oxidation sites excluding steroid dienone is 1. The molecule has 1 N–H and O–H groups in total. The zero-order chi connectivity index (χ0) is 19.6. The van der Waals surface area contributed by atoms with Crippen LogP contribution in [0.5, 0.6) is 0 Å². The number of nitrogens with one attached hydrogen (secondary N) is 1. The Kier molecular flexibility index (Phi) is 5.45. The Morgan fingerprint density at radius 3 is 2.89 bits per heavy atom. The van der Waals surface area contributed by atoms with Crippen LogP contribution in [0.3, 0.4) is 0 Å². The van der Waals surface area contributed by atoms with Gasteiger partial charge in [0.05, 0.1) is 17.1 Å². The summed E-state index contributed by atoms with van der Waals surface area (Å²) in [6.07, 6.45) is 0. The second-order valence-electron chi connectivity index (χ2n) is 5.73. The third kappa shape index (κ3) is 3.65. The lowest BCUT2D eigenvalue weighted by atomic mass is 9.95. The Hall–Kier alpha value is -2.88. The van der Waals surface area contributed by atoms with Gasteiger partial charge in [-0.25, -0.2) is 9.48 Å². The molecule has 0 bridgehead atoms. The number of nitro benzene ring substituents is 1. The lowest BCUT2D eigenvalue weighted by Gasteiger charge is -2.27. The first-order valence-corrected chi connectivity index (χ1v) is 9.43. The summed E-state index contributed by atoms with van der Waals surface area (Å²) in [6, 6.07) is 5.50. The molecular formula is C17H19N5O4S. The molecule has 2 aromatic rings. The highest BCUT2D eigenvalue weighted by atomic mass is 32.2. The van der Waals surface area contributed by atoms with E-state index >= 15 is 0 Å². The van der Waals surface area contributed by atoms with Gasteiger partial charge in [0.15, 0.2) is 0 Å². The van der Waals surface area contributed by atoms with Crippen molar-refractivity contribution in [2.45, 2.75) is 32.0 Å². The molecule has 0 saturated heterocycles. The zero-order valence-corrected chi connectivity index (χ0v) is 15.9. The van der Waals surface area contributed by atoms with Gasteiger partial charge in [0, 0.05) is 17.8 Å². The number of nitrogens with zero attached hydrogens (tertiary/aromatic N) is 4. The molecule has 0 unspecified atom stereocenters. The molecule has 0 fully saturated rings. The van der Waals surface area contributed by atoms with Crippen molar-refractivity contribution in [1.29, 1.82) is 0 Å². The molecule has 142 valence electrons. The minimum atomic E-state index is -0.668. The second kappa shape index (κ2) is 7.78. The van der Waals surface area contributed by atoms with Gasteiger partial charge >= 0.3 is 5.97 Å². The number of thioether (sulfide) groups is 1. The minimum absolute atomic E-state index is 0.0586. The van der Waals surface area contributed by atoms with Crippen molar-refractivity contribution in [3.8, 4) is 0 Å². The number of nitro groups is 1. The molecule has 2 heterocycles. The maximum atomic E-state index is 12.6. The van der Waals surface area contributed by atoms with Crippen molar-refractivity contribution in [1.82, 2.24) is 14.8 Å². The highest BCUT2D eigenvalue weighted by Gasteiger charge is 2.35. The van der Waals surface area contributed by atoms with Gasteiger partial charge < -0.3 is 10.1 Å². The monoisotopic (exact) mass is 389 g/mol. The Balaban J connectivity index is 2.16. The van der Waals surface area contributed by atoms with E-state index in [1.807, 2.05) is 6.92 Å². The molecule has 0 radical (unpaired) electrons. The number of carbonyl (C=O) groups excluding carboxylic acids is 1. The lowest BCUT2D eigenvalue weighted by Crippen LogP contribution is -2.29. The standard InChI is InChI=1S/C17H19N5O4S/c1-4-26-15(23)13-10(3)18-16-19-17(27-5-2)20-21(16)14(13)11-7-6-8-12(9-11)22(24)25/h6-9,14H,4-5H2,1-3H3,(H,18,19,20)/t14-/m1/s1. The Morgan fingerprint density at radius 2 is 2.22 bits per heavy atom. The maximum absolute atomic E-state index is 12.6. The lowest BCUT2D eigenvalue weighted by molar-refractivity contribution is -0.384. The molecule has 1 aliphatic heterocycles. The van der Waals surface area contributed by atoms with Crippen LogP contribution in [0.1, 0.15) is 32.4 Å². The van der Waals surface area contributed by atoms with E-state index in [2.05, 4.69) is 15.4 Å². The molecule has 1 aliphatic rings. The fraction of sp³-hybridized carbons (Fsp3) is 0.353. The predicted octanol–water partition coefficient (Wildman–Crippen LogP) is 3.15. The molecule has 3 rings (SSSR count). The fourth-order valence-electron chi connectivity index (χ4n) is 2.91. The highest BCUT2D eigenvalue weighted by Crippen LogP contribution is 2.37. The molecule has 10 heteroatoms. The van der Waals surface area contributed by atoms with Gasteiger partial charge in [-0.15, -0.1) is 5.10 Å². The third-order valence-electron chi connectivity index (χ3n) is 4.00. The predicted molar refractivity (Wildman–Crippen MR) is 101 cm³/mol. The van der Waals surface area contributed by atoms with Crippen molar-refractivity contribution < 1.29 is 14.5 Å². The number of anilines is 1. The van der Waals surface area contributed by atoms with Crippen LogP contribution in [0.2, 0.25) is 0 Å². The van der Waals surface area contributed by atoms with Gasteiger partial charge in [-0.05, 0) is 25.2 Å². The first-order chi connectivity index (χ1) is 13.0. The SMILES string of the molecule is CCOC(=O)C1=C(C)Nc2nc(SCC)nn2[C@@H]1c1cccc([N+](=O)[O-])c1. The summed E-state index contributed by atoms with van der Waals surface area (Å²) in [5, 5.41) is 19.3. The molecule has 9 nitrogen and oxygen atoms in total. The van der Waals surface area contributed by atoms with Gasteiger partial charge in [-0.1, -0.05) is 30.8 Å². The number of aromatic nitrogens is 3. The number of esters is 1. The van der Waals surface area contributed by atoms with Crippen LogP contribution < -0.4 is 5.32 Å². The molecule has 0 amide bonds. The highest BCUT2D eigenvalue weighted by molar-refractivity contribution is 7.99. The molecule has 0 spiro atoms. The number of hydrogen-bond donors (Lipinski definition) is 1. The van der Waals surface area contributed by atoms with E-state index in [9.17, 15) is 14.9 Å². The number of benzene rings is 1. The van der Waals surface area contributed by atoms with Gasteiger partial charge in [0.1, 0.15) is 6.04 Å². The quantitative estimate of drug-likeness (QED) is 0.347.